The summed E-state index contributed by atoms with van der Waals surface area (Å²) in [5, 5.41) is 13.4. The lowest BCUT2D eigenvalue weighted by atomic mass is 10.1. The van der Waals surface area contributed by atoms with Crippen molar-refractivity contribution in [2.24, 2.45) is 5.73 Å². The number of nitrogens with one attached hydrogen (secondary N) is 1. The van der Waals surface area contributed by atoms with Crippen molar-refractivity contribution in [2.75, 3.05) is 19.8 Å². The molecule has 0 aliphatic rings. The highest BCUT2D eigenvalue weighted by atomic mass is 31.2. The molecular weight excluding hydrogens is 551 g/mol. The van der Waals surface area contributed by atoms with Gasteiger partial charge in [-0.2, -0.15) is 0 Å². The van der Waals surface area contributed by atoms with E-state index in [1.807, 2.05) is 18.2 Å². The highest BCUT2D eigenvalue weighted by Crippen LogP contribution is 2.43. The Morgan fingerprint density at radius 1 is 0.810 bits per heavy atom. The molecule has 0 saturated carbocycles. The van der Waals surface area contributed by atoms with Crippen molar-refractivity contribution in [3.8, 4) is 0 Å². The van der Waals surface area contributed by atoms with Crippen LogP contribution >= 0.6 is 7.82 Å². The molecule has 3 atom stereocenters. The van der Waals surface area contributed by atoms with Gasteiger partial charge in [0.2, 0.25) is 5.91 Å². The first kappa shape index (κ1) is 39.9. The third-order valence-electron chi connectivity index (χ3n) is 6.03. The number of hydrogen-bond donors (Lipinski definition) is 4. The van der Waals surface area contributed by atoms with Crippen LogP contribution in [0.2, 0.25) is 0 Å². The Morgan fingerprint density at radius 2 is 1.40 bits per heavy atom. The van der Waals surface area contributed by atoms with Crippen LogP contribution in [0.4, 0.5) is 0 Å². The van der Waals surface area contributed by atoms with Crippen LogP contribution in [0.15, 0.2) is 72.9 Å². The summed E-state index contributed by atoms with van der Waals surface area (Å²) in [7, 11) is -4.35. The number of allylic oxidation sites excluding steroid dienone is 11. The van der Waals surface area contributed by atoms with Crippen LogP contribution in [0.25, 0.3) is 0 Å². The number of aliphatic hydroxyl groups excluding tert-OH is 1. The molecule has 240 valence electrons. The lowest BCUT2D eigenvalue weighted by Gasteiger charge is -2.23. The summed E-state index contributed by atoms with van der Waals surface area (Å²) in [4.78, 5) is 22.4. The SMILES string of the molecule is CC/C=C\C/C=C\C/C=C\C/C=C\CCC(=O)NC(COP(=O)(O)OCCN)C(O)/C=C/CC/C=C/CCCCCC. The lowest BCUT2D eigenvalue weighted by molar-refractivity contribution is -0.122. The molecule has 0 aliphatic carbocycles. The molecule has 0 spiro atoms. The Morgan fingerprint density at radius 3 is 2.05 bits per heavy atom. The first-order valence-electron chi connectivity index (χ1n) is 15.6. The Bertz CT molecular complexity index is 882. The van der Waals surface area contributed by atoms with Gasteiger partial charge in [-0.15, -0.1) is 0 Å². The van der Waals surface area contributed by atoms with E-state index in [1.165, 1.54) is 25.7 Å². The van der Waals surface area contributed by atoms with Crippen LogP contribution in [0.3, 0.4) is 0 Å². The highest BCUT2D eigenvalue weighted by Gasteiger charge is 2.26. The topological polar surface area (TPSA) is 131 Å². The maximum absolute atomic E-state index is 12.5. The number of hydrogen-bond acceptors (Lipinski definition) is 6. The van der Waals surface area contributed by atoms with Gasteiger partial charge < -0.3 is 21.1 Å². The fourth-order valence-electron chi connectivity index (χ4n) is 3.68. The normalized spacial score (nSPS) is 15.6. The Labute approximate surface area is 255 Å². The molecule has 0 rings (SSSR count). The van der Waals surface area contributed by atoms with E-state index in [-0.39, 0.29) is 25.5 Å². The predicted molar refractivity (Wildman–Crippen MR) is 175 cm³/mol. The van der Waals surface area contributed by atoms with E-state index in [2.05, 4.69) is 67.8 Å². The second kappa shape index (κ2) is 29.0. The summed E-state index contributed by atoms with van der Waals surface area (Å²) in [6.07, 6.45) is 35.4. The Balaban J connectivity index is 4.65. The molecule has 8 nitrogen and oxygen atoms in total. The van der Waals surface area contributed by atoms with Gasteiger partial charge in [-0.25, -0.2) is 4.57 Å². The molecule has 0 aromatic carbocycles. The van der Waals surface area contributed by atoms with Gasteiger partial charge in [0.25, 0.3) is 0 Å². The third kappa shape index (κ3) is 26.8. The average Bonchev–Trinajstić information content (AvgIpc) is 2.97. The fraction of sp³-hybridized carbons (Fsp3) is 0.606. The minimum Gasteiger partial charge on any atom is -0.387 e. The zero-order chi connectivity index (χ0) is 31.2. The summed E-state index contributed by atoms with van der Waals surface area (Å²) >= 11 is 0. The van der Waals surface area contributed by atoms with E-state index in [0.29, 0.717) is 6.42 Å². The number of carbonyl (C=O) groups excluding carboxylic acids is 1. The summed E-state index contributed by atoms with van der Waals surface area (Å²) in [5.74, 6) is -0.292. The molecule has 0 heterocycles. The number of rotatable bonds is 27. The van der Waals surface area contributed by atoms with E-state index >= 15 is 0 Å². The van der Waals surface area contributed by atoms with Gasteiger partial charge in [0.15, 0.2) is 0 Å². The van der Waals surface area contributed by atoms with Crippen molar-refractivity contribution >= 4 is 13.7 Å². The lowest BCUT2D eigenvalue weighted by Crippen LogP contribution is -2.45. The van der Waals surface area contributed by atoms with Gasteiger partial charge in [-0.05, 0) is 57.8 Å². The van der Waals surface area contributed by atoms with Crippen LogP contribution < -0.4 is 11.1 Å². The molecule has 0 bridgehead atoms. The maximum atomic E-state index is 12.5. The quantitative estimate of drug-likeness (QED) is 0.0435. The van der Waals surface area contributed by atoms with Crippen molar-refractivity contribution in [3.63, 3.8) is 0 Å². The number of nitrogens with two attached hydrogens (primary N) is 1. The number of amides is 1. The first-order chi connectivity index (χ1) is 20.4. The van der Waals surface area contributed by atoms with Gasteiger partial charge in [0.1, 0.15) is 0 Å². The molecule has 0 aromatic heterocycles. The van der Waals surface area contributed by atoms with E-state index in [0.717, 1.165) is 44.9 Å². The number of phosphoric acid groups is 1. The van der Waals surface area contributed by atoms with Gasteiger partial charge in [0.05, 0.1) is 25.4 Å². The van der Waals surface area contributed by atoms with Crippen LogP contribution in [0, 0.1) is 0 Å². The summed E-state index contributed by atoms with van der Waals surface area (Å²) in [6.45, 7) is 3.84. The fourth-order valence-corrected chi connectivity index (χ4v) is 4.44. The Kier molecular flexibility index (Phi) is 27.6. The number of aliphatic hydroxyl groups is 1. The standard InChI is InChI=1S/C33H57N2O6P/c1-3-5-7-9-11-13-15-16-17-19-21-23-25-27-33(37)35-31(30-41-42(38,39)40-29-28-34)32(36)26-24-22-20-18-14-12-10-8-6-4-2/h5,7,11,13-14,16-18,21,23-24,26,31-32,36H,3-4,6,8-10,12,15,19-20,22,25,27-30,34H2,1-2H3,(H,35,37)(H,38,39)/b7-5-,13-11-,17-16-,18-14+,23-21-,26-24+. The largest absolute Gasteiger partial charge is 0.472 e. The third-order valence-corrected chi connectivity index (χ3v) is 7.01. The van der Waals surface area contributed by atoms with Gasteiger partial charge in [-0.3, -0.25) is 13.8 Å². The van der Waals surface area contributed by atoms with Gasteiger partial charge in [0, 0.05) is 13.0 Å². The van der Waals surface area contributed by atoms with Crippen LogP contribution in [-0.4, -0.2) is 47.8 Å². The van der Waals surface area contributed by atoms with E-state index < -0.39 is 26.6 Å². The van der Waals surface area contributed by atoms with Crippen molar-refractivity contribution in [3.05, 3.63) is 72.9 Å². The first-order valence-corrected chi connectivity index (χ1v) is 17.1. The Hall–Kier alpha value is -2.06. The zero-order valence-corrected chi connectivity index (χ0v) is 26.8. The highest BCUT2D eigenvalue weighted by molar-refractivity contribution is 7.47. The minimum atomic E-state index is -4.35. The van der Waals surface area contributed by atoms with Crippen molar-refractivity contribution in [1.82, 2.24) is 5.32 Å². The summed E-state index contributed by atoms with van der Waals surface area (Å²) < 4.78 is 21.8. The molecule has 0 aliphatic heterocycles. The number of carbonyl (C=O) groups is 1. The van der Waals surface area contributed by atoms with E-state index in [9.17, 15) is 19.4 Å². The van der Waals surface area contributed by atoms with Gasteiger partial charge in [-0.1, -0.05) is 106 Å². The molecule has 42 heavy (non-hydrogen) atoms. The van der Waals surface area contributed by atoms with E-state index in [1.54, 1.807) is 6.08 Å². The maximum Gasteiger partial charge on any atom is 0.472 e. The van der Waals surface area contributed by atoms with Crippen molar-refractivity contribution in [1.29, 1.82) is 0 Å². The zero-order valence-electron chi connectivity index (χ0n) is 25.9. The number of unbranched alkanes of at least 4 members (excludes halogenated alkanes) is 5. The molecule has 0 aromatic rings. The smallest absolute Gasteiger partial charge is 0.387 e. The molecule has 0 radical (unpaired) electrons. The van der Waals surface area contributed by atoms with E-state index in [4.69, 9.17) is 14.8 Å². The van der Waals surface area contributed by atoms with Crippen LogP contribution in [0.5, 0.6) is 0 Å². The summed E-state index contributed by atoms with van der Waals surface area (Å²) in [5.41, 5.74) is 5.32. The molecular formula is C33H57N2O6P. The predicted octanol–water partition coefficient (Wildman–Crippen LogP) is 7.37. The van der Waals surface area contributed by atoms with Crippen LogP contribution in [0.1, 0.15) is 97.3 Å². The monoisotopic (exact) mass is 608 g/mol. The van der Waals surface area contributed by atoms with Crippen LogP contribution in [-0.2, 0) is 18.4 Å². The molecule has 5 N–H and O–H groups in total. The second-order valence-electron chi connectivity index (χ2n) is 9.92. The minimum absolute atomic E-state index is 0.0594. The molecule has 3 unspecified atom stereocenters. The molecule has 9 heteroatoms. The van der Waals surface area contributed by atoms with Gasteiger partial charge >= 0.3 is 7.82 Å². The van der Waals surface area contributed by atoms with Crippen molar-refractivity contribution < 1.29 is 28.4 Å². The average molecular weight is 609 g/mol. The second-order valence-corrected chi connectivity index (χ2v) is 11.4. The molecule has 1 amide bonds. The number of phosphoric ester groups is 1. The molecule has 0 fully saturated rings. The molecule has 0 saturated heterocycles. The van der Waals surface area contributed by atoms with Crippen molar-refractivity contribution in [2.45, 2.75) is 109 Å². The summed E-state index contributed by atoms with van der Waals surface area (Å²) in [6, 6.07) is -0.915.